The van der Waals surface area contributed by atoms with E-state index in [0.29, 0.717) is 32.5 Å². The van der Waals surface area contributed by atoms with Crippen LogP contribution in [-0.2, 0) is 29.6 Å². The molecule has 1 aliphatic heterocycles. The molecule has 1 saturated heterocycles. The molecular weight excluding hydrogens is 478 g/mol. The van der Waals surface area contributed by atoms with E-state index in [1.54, 1.807) is 21.0 Å². The topological polar surface area (TPSA) is 113 Å². The average Bonchev–Trinajstić information content (AvgIpc) is 2.85. The molecule has 0 bridgehead atoms. The summed E-state index contributed by atoms with van der Waals surface area (Å²) in [4.78, 5) is 13.0. The molecule has 0 radical (unpaired) electrons. The third-order valence-electron chi connectivity index (χ3n) is 6.91. The molecule has 3 rings (SSSR count). The van der Waals surface area contributed by atoms with E-state index < -0.39 is 26.0 Å². The molecule has 2 aliphatic rings. The summed E-state index contributed by atoms with van der Waals surface area (Å²) in [6.07, 6.45) is 5.04. The second kappa shape index (κ2) is 11.5. The van der Waals surface area contributed by atoms with Crippen LogP contribution < -0.4 is 5.32 Å². The van der Waals surface area contributed by atoms with Crippen molar-refractivity contribution in [1.82, 2.24) is 13.9 Å². The van der Waals surface area contributed by atoms with Gasteiger partial charge in [-0.15, -0.1) is 0 Å². The molecule has 1 saturated carbocycles. The maximum Gasteiger partial charge on any atom is 0.243 e. The Kier molecular flexibility index (Phi) is 9.13. The van der Waals surface area contributed by atoms with Crippen LogP contribution in [0.25, 0.3) is 0 Å². The van der Waals surface area contributed by atoms with Gasteiger partial charge in [-0.3, -0.25) is 4.79 Å². The SMILES string of the molecule is CCN(CC)S(=O)(=O)c1ccc(S(=O)(=O)N2CCC[C@@H](C(=O)N[C@H]3CC[C@@H](OC)CC3)C2)cc1. The molecule has 1 aromatic rings. The molecule has 0 aromatic heterocycles. The number of amides is 1. The Morgan fingerprint density at radius 3 is 2.15 bits per heavy atom. The molecule has 1 heterocycles. The monoisotopic (exact) mass is 515 g/mol. The largest absolute Gasteiger partial charge is 0.381 e. The van der Waals surface area contributed by atoms with Crippen molar-refractivity contribution in [2.75, 3.05) is 33.3 Å². The highest BCUT2D eigenvalue weighted by molar-refractivity contribution is 7.89. The van der Waals surface area contributed by atoms with Crippen LogP contribution >= 0.6 is 0 Å². The quantitative estimate of drug-likeness (QED) is 0.539. The minimum Gasteiger partial charge on any atom is -0.381 e. The minimum absolute atomic E-state index is 0.0324. The maximum atomic E-state index is 13.2. The first-order valence-corrected chi connectivity index (χ1v) is 14.9. The molecule has 1 aliphatic carbocycles. The van der Waals surface area contributed by atoms with Gasteiger partial charge in [0, 0.05) is 39.3 Å². The molecule has 192 valence electrons. The van der Waals surface area contributed by atoms with Crippen LogP contribution in [-0.4, -0.2) is 76.8 Å². The lowest BCUT2D eigenvalue weighted by Gasteiger charge is -2.33. The summed E-state index contributed by atoms with van der Waals surface area (Å²) < 4.78 is 59.9. The van der Waals surface area contributed by atoms with Crippen LogP contribution in [0.4, 0.5) is 0 Å². The number of hydrogen-bond acceptors (Lipinski definition) is 6. The highest BCUT2D eigenvalue weighted by atomic mass is 32.2. The fraction of sp³-hybridized carbons (Fsp3) is 0.696. The summed E-state index contributed by atoms with van der Waals surface area (Å²) in [6, 6.07) is 5.45. The molecule has 11 heteroatoms. The molecule has 0 spiro atoms. The molecule has 1 atom stereocenters. The fourth-order valence-electron chi connectivity index (χ4n) is 4.78. The van der Waals surface area contributed by atoms with Gasteiger partial charge in [-0.25, -0.2) is 16.8 Å². The second-order valence-electron chi connectivity index (χ2n) is 8.98. The van der Waals surface area contributed by atoms with Gasteiger partial charge in [0.1, 0.15) is 0 Å². The number of nitrogens with zero attached hydrogens (tertiary/aromatic N) is 2. The molecule has 1 aromatic carbocycles. The predicted molar refractivity (Wildman–Crippen MR) is 129 cm³/mol. The van der Waals surface area contributed by atoms with E-state index in [-0.39, 0.29) is 34.4 Å². The van der Waals surface area contributed by atoms with Crippen LogP contribution in [0.15, 0.2) is 34.1 Å². The number of nitrogens with one attached hydrogen (secondary N) is 1. The van der Waals surface area contributed by atoms with E-state index in [1.165, 1.54) is 32.9 Å². The lowest BCUT2D eigenvalue weighted by Crippen LogP contribution is -2.48. The number of piperidine rings is 1. The Hall–Kier alpha value is -1.53. The Labute approximate surface area is 203 Å². The number of carbonyl (C=O) groups is 1. The Morgan fingerprint density at radius 1 is 1.00 bits per heavy atom. The Bertz CT molecular complexity index is 1030. The third kappa shape index (κ3) is 5.99. The Balaban J connectivity index is 1.66. The van der Waals surface area contributed by atoms with Gasteiger partial charge in [-0.1, -0.05) is 13.8 Å². The number of rotatable bonds is 9. The Morgan fingerprint density at radius 2 is 1.59 bits per heavy atom. The average molecular weight is 516 g/mol. The van der Waals surface area contributed by atoms with Crippen molar-refractivity contribution in [1.29, 1.82) is 0 Å². The van der Waals surface area contributed by atoms with E-state index >= 15 is 0 Å². The molecule has 34 heavy (non-hydrogen) atoms. The third-order valence-corrected chi connectivity index (χ3v) is 10.9. The summed E-state index contributed by atoms with van der Waals surface area (Å²) in [6.45, 7) is 4.65. The highest BCUT2D eigenvalue weighted by Gasteiger charge is 2.35. The van der Waals surface area contributed by atoms with Gasteiger partial charge in [0.15, 0.2) is 0 Å². The second-order valence-corrected chi connectivity index (χ2v) is 12.9. The van der Waals surface area contributed by atoms with Crippen LogP contribution in [0, 0.1) is 5.92 Å². The van der Waals surface area contributed by atoms with Crippen LogP contribution in [0.3, 0.4) is 0 Å². The molecular formula is C23H37N3O6S2. The van der Waals surface area contributed by atoms with Gasteiger partial charge in [0.2, 0.25) is 26.0 Å². The fourth-order valence-corrected chi connectivity index (χ4v) is 7.76. The van der Waals surface area contributed by atoms with E-state index in [4.69, 9.17) is 4.74 Å². The number of hydrogen-bond donors (Lipinski definition) is 1. The molecule has 1 N–H and O–H groups in total. The van der Waals surface area contributed by atoms with Gasteiger partial charge in [0.05, 0.1) is 21.8 Å². The lowest BCUT2D eigenvalue weighted by molar-refractivity contribution is -0.127. The van der Waals surface area contributed by atoms with E-state index in [9.17, 15) is 21.6 Å². The number of methoxy groups -OCH3 is 1. The van der Waals surface area contributed by atoms with Crippen LogP contribution in [0.5, 0.6) is 0 Å². The summed E-state index contributed by atoms with van der Waals surface area (Å²) in [5.74, 6) is -0.493. The summed E-state index contributed by atoms with van der Waals surface area (Å²) in [5.41, 5.74) is 0. The van der Waals surface area contributed by atoms with Crippen molar-refractivity contribution in [3.05, 3.63) is 24.3 Å². The van der Waals surface area contributed by atoms with Gasteiger partial charge >= 0.3 is 0 Å². The standard InChI is InChI=1S/C23H37N3O6S2/c1-4-25(5-2)33(28,29)21-12-14-22(15-13-21)34(30,31)26-16-6-7-18(17-26)23(27)24-19-8-10-20(32-3)11-9-19/h12-15,18-20H,4-11,16-17H2,1-3H3,(H,24,27)/t18-,19-,20+/m1/s1. The van der Waals surface area contributed by atoms with Crippen molar-refractivity contribution >= 4 is 26.0 Å². The zero-order valence-electron chi connectivity index (χ0n) is 20.3. The number of ether oxygens (including phenoxy) is 1. The zero-order valence-corrected chi connectivity index (χ0v) is 21.9. The van der Waals surface area contributed by atoms with E-state index in [2.05, 4.69) is 5.32 Å². The van der Waals surface area contributed by atoms with Gasteiger partial charge in [0.25, 0.3) is 0 Å². The highest BCUT2D eigenvalue weighted by Crippen LogP contribution is 2.27. The van der Waals surface area contributed by atoms with E-state index in [1.807, 2.05) is 0 Å². The molecule has 0 unspecified atom stereocenters. The van der Waals surface area contributed by atoms with Crippen molar-refractivity contribution in [3.8, 4) is 0 Å². The normalized spacial score (nSPS) is 24.8. The zero-order chi connectivity index (χ0) is 24.9. The first kappa shape index (κ1) is 27.1. The lowest BCUT2D eigenvalue weighted by atomic mass is 9.91. The van der Waals surface area contributed by atoms with Gasteiger partial charge < -0.3 is 10.1 Å². The molecule has 1 amide bonds. The maximum absolute atomic E-state index is 13.2. The minimum atomic E-state index is -3.84. The first-order valence-electron chi connectivity index (χ1n) is 12.1. The van der Waals surface area contributed by atoms with E-state index in [0.717, 1.165) is 25.7 Å². The summed E-state index contributed by atoms with van der Waals surface area (Å²) in [7, 11) is -5.79. The number of benzene rings is 1. The summed E-state index contributed by atoms with van der Waals surface area (Å²) >= 11 is 0. The van der Waals surface area contributed by atoms with Crippen molar-refractivity contribution in [3.63, 3.8) is 0 Å². The van der Waals surface area contributed by atoms with Crippen molar-refractivity contribution < 1.29 is 26.4 Å². The van der Waals surface area contributed by atoms with Crippen LogP contribution in [0.2, 0.25) is 0 Å². The van der Waals surface area contributed by atoms with Crippen LogP contribution in [0.1, 0.15) is 52.4 Å². The molecule has 2 fully saturated rings. The van der Waals surface area contributed by atoms with Crippen molar-refractivity contribution in [2.45, 2.75) is 74.3 Å². The van der Waals surface area contributed by atoms with Gasteiger partial charge in [-0.05, 0) is 62.8 Å². The first-order chi connectivity index (χ1) is 16.1. The van der Waals surface area contributed by atoms with Gasteiger partial charge in [-0.2, -0.15) is 8.61 Å². The smallest absolute Gasteiger partial charge is 0.243 e. The predicted octanol–water partition coefficient (Wildman–Crippen LogP) is 2.19. The number of carbonyl (C=O) groups excluding carboxylic acids is 1. The van der Waals surface area contributed by atoms with Crippen molar-refractivity contribution in [2.24, 2.45) is 5.92 Å². The number of sulfonamides is 2. The molecule has 9 nitrogen and oxygen atoms in total. The summed E-state index contributed by atoms with van der Waals surface area (Å²) in [5, 5.41) is 3.10.